The molecule has 0 saturated heterocycles. The molecular formula is C26H18ClN3O3S. The summed E-state index contributed by atoms with van der Waals surface area (Å²) < 4.78 is 0. The number of amides is 1. The molecule has 34 heavy (non-hydrogen) atoms. The highest BCUT2D eigenvalue weighted by Crippen LogP contribution is 2.43. The van der Waals surface area contributed by atoms with Crippen LogP contribution < -0.4 is 4.90 Å². The minimum Gasteiger partial charge on any atom is -0.503 e. The van der Waals surface area contributed by atoms with Crippen LogP contribution in [0.3, 0.4) is 0 Å². The molecule has 0 radical (unpaired) electrons. The van der Waals surface area contributed by atoms with Gasteiger partial charge in [0.05, 0.1) is 22.2 Å². The Bertz CT molecular complexity index is 1420. The number of rotatable bonds is 5. The van der Waals surface area contributed by atoms with Crippen LogP contribution in [0, 0.1) is 6.92 Å². The molecule has 168 valence electrons. The van der Waals surface area contributed by atoms with Crippen molar-refractivity contribution in [1.29, 1.82) is 0 Å². The van der Waals surface area contributed by atoms with Gasteiger partial charge in [0.15, 0.2) is 5.76 Å². The molecule has 1 N–H and O–H groups in total. The van der Waals surface area contributed by atoms with Crippen LogP contribution in [0.15, 0.2) is 90.5 Å². The quantitative estimate of drug-likeness (QED) is 0.352. The lowest BCUT2D eigenvalue weighted by Crippen LogP contribution is -2.31. The number of hydrogen-bond acceptors (Lipinski definition) is 6. The molecule has 1 aliphatic heterocycles. The maximum absolute atomic E-state index is 13.8. The molecule has 1 unspecified atom stereocenters. The van der Waals surface area contributed by atoms with E-state index in [4.69, 9.17) is 11.6 Å². The van der Waals surface area contributed by atoms with E-state index >= 15 is 0 Å². The third-order valence-electron chi connectivity index (χ3n) is 5.60. The first-order chi connectivity index (χ1) is 16.5. The molecule has 8 heteroatoms. The topological polar surface area (TPSA) is 83.4 Å². The van der Waals surface area contributed by atoms with Gasteiger partial charge in [-0.2, -0.15) is 0 Å². The molecule has 0 bridgehead atoms. The molecule has 1 amide bonds. The predicted molar refractivity (Wildman–Crippen MR) is 132 cm³/mol. The zero-order chi connectivity index (χ0) is 23.8. The highest BCUT2D eigenvalue weighted by atomic mass is 35.5. The van der Waals surface area contributed by atoms with Crippen LogP contribution in [0.5, 0.6) is 0 Å². The van der Waals surface area contributed by atoms with Crippen LogP contribution in [0.4, 0.5) is 5.69 Å². The van der Waals surface area contributed by atoms with Crippen molar-refractivity contribution in [3.63, 3.8) is 0 Å². The van der Waals surface area contributed by atoms with Crippen molar-refractivity contribution in [2.24, 2.45) is 0 Å². The van der Waals surface area contributed by atoms with Crippen molar-refractivity contribution in [2.45, 2.75) is 13.0 Å². The second-order valence-corrected chi connectivity index (χ2v) is 9.16. The van der Waals surface area contributed by atoms with Crippen molar-refractivity contribution in [3.05, 3.63) is 112 Å². The van der Waals surface area contributed by atoms with Gasteiger partial charge in [-0.15, -0.1) is 11.3 Å². The molecule has 6 nitrogen and oxygen atoms in total. The fourth-order valence-electron chi connectivity index (χ4n) is 4.00. The number of nitrogens with zero attached hydrogens (tertiary/aromatic N) is 3. The molecule has 4 aromatic rings. The lowest BCUT2D eigenvalue weighted by Gasteiger charge is -2.26. The van der Waals surface area contributed by atoms with E-state index in [0.29, 0.717) is 31.9 Å². The Kier molecular flexibility index (Phi) is 5.73. The number of halogens is 1. The number of Topliss-reactive ketones (excluding diaryl/α,β-unsaturated/α-hetero) is 1. The fraction of sp³-hybridized carbons (Fsp3) is 0.0769. The second-order valence-electron chi connectivity index (χ2n) is 7.73. The summed E-state index contributed by atoms with van der Waals surface area (Å²) in [5.74, 6) is -1.66. The maximum atomic E-state index is 13.8. The van der Waals surface area contributed by atoms with E-state index in [1.165, 1.54) is 16.2 Å². The van der Waals surface area contributed by atoms with Gasteiger partial charge in [0.2, 0.25) is 5.78 Å². The number of benzene rings is 2. The Morgan fingerprint density at radius 1 is 1.03 bits per heavy atom. The number of ketones is 1. The number of thiazole rings is 1. The Morgan fingerprint density at radius 3 is 2.38 bits per heavy atom. The van der Waals surface area contributed by atoms with Crippen LogP contribution in [-0.4, -0.2) is 26.8 Å². The van der Waals surface area contributed by atoms with E-state index in [-0.39, 0.29) is 5.57 Å². The third kappa shape index (κ3) is 3.79. The molecule has 0 spiro atoms. The van der Waals surface area contributed by atoms with Gasteiger partial charge in [0, 0.05) is 28.7 Å². The van der Waals surface area contributed by atoms with Crippen molar-refractivity contribution >= 4 is 40.3 Å². The summed E-state index contributed by atoms with van der Waals surface area (Å²) in [6.45, 7) is 1.75. The Hall–Kier alpha value is -3.81. The summed E-state index contributed by atoms with van der Waals surface area (Å²) in [7, 11) is 0. The van der Waals surface area contributed by atoms with Crippen LogP contribution in [0.2, 0.25) is 5.02 Å². The number of aliphatic hydroxyl groups is 1. The molecule has 0 fully saturated rings. The van der Waals surface area contributed by atoms with Gasteiger partial charge in [-0.3, -0.25) is 19.5 Å². The number of carbonyl (C=O) groups excluding carboxylic acids is 2. The third-order valence-corrected chi connectivity index (χ3v) is 7.06. The fourth-order valence-corrected chi connectivity index (χ4v) is 5.15. The first kappa shape index (κ1) is 22.0. The number of aryl methyl sites for hydroxylation is 1. The first-order valence-corrected chi connectivity index (χ1v) is 11.6. The zero-order valence-electron chi connectivity index (χ0n) is 18.0. The molecule has 3 heterocycles. The average Bonchev–Trinajstić information content (AvgIpc) is 3.38. The highest BCUT2D eigenvalue weighted by Gasteiger charge is 2.45. The lowest BCUT2D eigenvalue weighted by molar-refractivity contribution is -0.117. The number of carbonyl (C=O) groups is 2. The summed E-state index contributed by atoms with van der Waals surface area (Å²) >= 11 is 7.28. The van der Waals surface area contributed by atoms with Gasteiger partial charge in [-0.05, 0) is 48.9 Å². The number of aliphatic hydroxyl groups excluding tert-OH is 1. The van der Waals surface area contributed by atoms with Crippen molar-refractivity contribution in [3.8, 4) is 10.6 Å². The minimum absolute atomic E-state index is 0.0116. The molecule has 0 aliphatic carbocycles. The standard InChI is InChI=1S/C26H18ClN3O3S/c1-15-24(34-25(29-15)17-5-3-2-4-6-17)22(31)20-21(16-11-13-28-14-12-16)30(26(33)23(20)32)19-9-7-18(27)8-10-19/h2-14,21,32H,1H3. The number of anilines is 1. The second kappa shape index (κ2) is 8.85. The van der Waals surface area contributed by atoms with Gasteiger partial charge >= 0.3 is 0 Å². The van der Waals surface area contributed by atoms with Gasteiger partial charge in [-0.1, -0.05) is 41.9 Å². The minimum atomic E-state index is -0.828. The van der Waals surface area contributed by atoms with E-state index in [1.807, 2.05) is 30.3 Å². The monoisotopic (exact) mass is 487 g/mol. The number of pyridine rings is 1. The Balaban J connectivity index is 1.62. The number of hydrogen-bond donors (Lipinski definition) is 1. The highest BCUT2D eigenvalue weighted by molar-refractivity contribution is 7.17. The summed E-state index contributed by atoms with van der Waals surface area (Å²) in [4.78, 5) is 37.5. The summed E-state index contributed by atoms with van der Waals surface area (Å²) in [5.41, 5.74) is 2.61. The van der Waals surface area contributed by atoms with Crippen molar-refractivity contribution in [2.75, 3.05) is 4.90 Å². The van der Waals surface area contributed by atoms with Gasteiger partial charge in [0.1, 0.15) is 5.01 Å². The SMILES string of the molecule is Cc1nc(-c2ccccc2)sc1C(=O)C1=C(O)C(=O)N(c2ccc(Cl)cc2)C1c1ccncc1. The summed E-state index contributed by atoms with van der Waals surface area (Å²) in [6, 6.07) is 18.9. The molecule has 2 aromatic carbocycles. The van der Waals surface area contributed by atoms with E-state index in [0.717, 1.165) is 5.56 Å². The molecule has 1 aliphatic rings. The van der Waals surface area contributed by atoms with E-state index in [1.54, 1.807) is 55.7 Å². The van der Waals surface area contributed by atoms with Crippen LogP contribution in [0.25, 0.3) is 10.6 Å². The van der Waals surface area contributed by atoms with Gasteiger partial charge in [0.25, 0.3) is 5.91 Å². The van der Waals surface area contributed by atoms with Crippen LogP contribution in [-0.2, 0) is 4.79 Å². The van der Waals surface area contributed by atoms with Gasteiger partial charge in [-0.25, -0.2) is 4.98 Å². The summed E-state index contributed by atoms with van der Waals surface area (Å²) in [6.07, 6.45) is 3.17. The van der Waals surface area contributed by atoms with Crippen molar-refractivity contribution in [1.82, 2.24) is 9.97 Å². The zero-order valence-corrected chi connectivity index (χ0v) is 19.5. The predicted octanol–water partition coefficient (Wildman–Crippen LogP) is 5.95. The first-order valence-electron chi connectivity index (χ1n) is 10.5. The van der Waals surface area contributed by atoms with Gasteiger partial charge < -0.3 is 5.11 Å². The van der Waals surface area contributed by atoms with E-state index in [2.05, 4.69) is 9.97 Å². The van der Waals surface area contributed by atoms with Crippen LogP contribution in [0.1, 0.15) is 27.0 Å². The molecule has 5 rings (SSSR count). The molecular weight excluding hydrogens is 470 g/mol. The van der Waals surface area contributed by atoms with E-state index < -0.39 is 23.5 Å². The molecule has 2 aromatic heterocycles. The smallest absolute Gasteiger partial charge is 0.294 e. The Morgan fingerprint density at radius 2 is 1.71 bits per heavy atom. The van der Waals surface area contributed by atoms with Crippen molar-refractivity contribution < 1.29 is 14.7 Å². The lowest BCUT2D eigenvalue weighted by atomic mass is 9.95. The average molecular weight is 488 g/mol. The molecule has 1 atom stereocenters. The summed E-state index contributed by atoms with van der Waals surface area (Å²) in [5, 5.41) is 12.1. The maximum Gasteiger partial charge on any atom is 0.294 e. The Labute approximate surface area is 204 Å². The van der Waals surface area contributed by atoms with Crippen LogP contribution >= 0.6 is 22.9 Å². The largest absolute Gasteiger partial charge is 0.503 e. The number of aromatic nitrogens is 2. The normalized spacial score (nSPS) is 15.8. The molecule has 0 saturated carbocycles. The van der Waals surface area contributed by atoms with E-state index in [9.17, 15) is 14.7 Å².